The maximum absolute atomic E-state index is 13.4. The third kappa shape index (κ3) is 11.7. The summed E-state index contributed by atoms with van der Waals surface area (Å²) in [5.74, 6) is -3.39. The van der Waals surface area contributed by atoms with E-state index in [1.165, 1.54) is 0 Å². The van der Waals surface area contributed by atoms with Gasteiger partial charge in [-0.15, -0.1) is 0 Å². The number of aliphatic imine (C=N–C) groups is 1. The molecule has 0 aromatic heterocycles. The lowest BCUT2D eigenvalue weighted by Crippen LogP contribution is -2.59. The maximum Gasteiger partial charge on any atom is 0.326 e. The van der Waals surface area contributed by atoms with Crippen LogP contribution >= 0.6 is 0 Å². The number of benzene rings is 1. The van der Waals surface area contributed by atoms with Gasteiger partial charge in [-0.1, -0.05) is 70.9 Å². The van der Waals surface area contributed by atoms with Crippen molar-refractivity contribution in [1.29, 1.82) is 0 Å². The molecule has 12 heteroatoms. The van der Waals surface area contributed by atoms with E-state index in [4.69, 9.17) is 17.2 Å². The van der Waals surface area contributed by atoms with Crippen molar-refractivity contribution < 1.29 is 24.3 Å². The number of rotatable bonds is 17. The quantitative estimate of drug-likeness (QED) is 0.0812. The predicted octanol–water partition coefficient (Wildman–Crippen LogP) is 0.241. The number of carboxylic acids is 1. The topological polar surface area (TPSA) is 215 Å². The van der Waals surface area contributed by atoms with Crippen LogP contribution in [0.4, 0.5) is 0 Å². The Morgan fingerprint density at radius 2 is 1.46 bits per heavy atom. The summed E-state index contributed by atoms with van der Waals surface area (Å²) in [6.45, 7) is 7.64. The number of guanidine groups is 1. The molecule has 12 nitrogen and oxygen atoms in total. The number of carboxylic acid groups (broad SMARTS) is 1. The average Bonchev–Trinajstić information content (AvgIpc) is 2.91. The van der Waals surface area contributed by atoms with Gasteiger partial charge >= 0.3 is 5.97 Å². The summed E-state index contributed by atoms with van der Waals surface area (Å²) in [4.78, 5) is 55.2. The molecule has 0 spiro atoms. The first-order valence-electron chi connectivity index (χ1n) is 13.4. The van der Waals surface area contributed by atoms with Gasteiger partial charge in [0.2, 0.25) is 17.7 Å². The monoisotopic (exact) mass is 547 g/mol. The number of hydrogen-bond donors (Lipinski definition) is 7. The minimum atomic E-state index is -1.19. The zero-order valence-electron chi connectivity index (χ0n) is 23.4. The molecule has 0 bridgehead atoms. The fourth-order valence-corrected chi connectivity index (χ4v) is 3.82. The lowest BCUT2D eigenvalue weighted by molar-refractivity contribution is -0.142. The zero-order valence-corrected chi connectivity index (χ0v) is 23.4. The molecule has 0 heterocycles. The molecule has 0 saturated heterocycles. The molecule has 1 rings (SSSR count). The third-order valence-corrected chi connectivity index (χ3v) is 6.83. The van der Waals surface area contributed by atoms with Gasteiger partial charge in [0.25, 0.3) is 0 Å². The van der Waals surface area contributed by atoms with Crippen LogP contribution in [0.3, 0.4) is 0 Å². The van der Waals surface area contributed by atoms with Crippen LogP contribution in [-0.4, -0.2) is 65.5 Å². The van der Waals surface area contributed by atoms with Gasteiger partial charge in [-0.25, -0.2) is 4.79 Å². The smallest absolute Gasteiger partial charge is 0.326 e. The van der Waals surface area contributed by atoms with E-state index in [0.717, 1.165) is 5.56 Å². The van der Waals surface area contributed by atoms with Gasteiger partial charge in [-0.3, -0.25) is 19.4 Å². The van der Waals surface area contributed by atoms with E-state index in [0.29, 0.717) is 19.3 Å². The summed E-state index contributed by atoms with van der Waals surface area (Å²) in [5, 5.41) is 17.7. The summed E-state index contributed by atoms with van der Waals surface area (Å²) < 4.78 is 0. The standard InChI is InChI=1S/C27H45N7O5/c1-5-16(3)21(28)24(36)32-19(13-10-14-31-27(29)30)23(35)34-22(17(4)6-2)25(37)33-20(26(38)39)15-18-11-8-7-9-12-18/h7-9,11-12,16-17,19-22H,5-6,10,13-15,28H2,1-4H3,(H,32,36)(H,33,37)(H,34,35)(H,38,39)(H4,29,30,31). The Morgan fingerprint density at radius 3 is 2.00 bits per heavy atom. The first kappa shape index (κ1) is 33.4. The van der Waals surface area contributed by atoms with Crippen LogP contribution in [0.5, 0.6) is 0 Å². The molecule has 6 atom stereocenters. The number of amides is 3. The van der Waals surface area contributed by atoms with Crippen molar-refractivity contribution in [3.8, 4) is 0 Å². The van der Waals surface area contributed by atoms with Crippen molar-refractivity contribution >= 4 is 29.7 Å². The molecule has 0 radical (unpaired) electrons. The summed E-state index contributed by atoms with van der Waals surface area (Å²) in [6.07, 6.45) is 1.88. The molecular formula is C27H45N7O5. The zero-order chi connectivity index (χ0) is 29.5. The van der Waals surface area contributed by atoms with Crippen LogP contribution in [0, 0.1) is 11.8 Å². The molecule has 0 aliphatic carbocycles. The molecule has 1 aromatic carbocycles. The van der Waals surface area contributed by atoms with Gasteiger partial charge in [0.1, 0.15) is 18.1 Å². The van der Waals surface area contributed by atoms with Crippen LogP contribution in [0.2, 0.25) is 0 Å². The van der Waals surface area contributed by atoms with E-state index < -0.39 is 47.9 Å². The number of nitrogens with zero attached hydrogens (tertiary/aromatic N) is 1. The Balaban J connectivity index is 3.08. The summed E-state index contributed by atoms with van der Waals surface area (Å²) in [5.41, 5.74) is 17.6. The molecule has 1 aromatic rings. The second-order valence-corrected chi connectivity index (χ2v) is 9.88. The van der Waals surface area contributed by atoms with Gasteiger partial charge in [0.05, 0.1) is 6.04 Å². The van der Waals surface area contributed by atoms with Gasteiger partial charge in [-0.2, -0.15) is 0 Å². The van der Waals surface area contributed by atoms with Crippen LogP contribution in [-0.2, 0) is 25.6 Å². The molecule has 39 heavy (non-hydrogen) atoms. The van der Waals surface area contributed by atoms with E-state index in [2.05, 4.69) is 20.9 Å². The van der Waals surface area contributed by atoms with Crippen molar-refractivity contribution in [2.75, 3.05) is 6.54 Å². The van der Waals surface area contributed by atoms with Crippen molar-refractivity contribution in [2.45, 2.75) is 84.0 Å². The lowest BCUT2D eigenvalue weighted by atomic mass is 9.96. The van der Waals surface area contributed by atoms with Gasteiger partial charge in [0, 0.05) is 13.0 Å². The number of aliphatic carboxylic acids is 1. The molecule has 10 N–H and O–H groups in total. The number of carbonyl (C=O) groups excluding carboxylic acids is 3. The van der Waals surface area contributed by atoms with Crippen LogP contribution in [0.1, 0.15) is 58.9 Å². The van der Waals surface area contributed by atoms with Crippen molar-refractivity contribution in [3.05, 3.63) is 35.9 Å². The van der Waals surface area contributed by atoms with E-state index in [9.17, 15) is 24.3 Å². The maximum atomic E-state index is 13.4. The van der Waals surface area contributed by atoms with E-state index >= 15 is 0 Å². The lowest BCUT2D eigenvalue weighted by Gasteiger charge is -2.28. The SMILES string of the molecule is CCC(C)C(N)C(=O)NC(CCCN=C(N)N)C(=O)NC(C(=O)NC(Cc1ccccc1)C(=O)O)C(C)CC. The Labute approximate surface area is 230 Å². The number of nitrogens with two attached hydrogens (primary N) is 3. The van der Waals surface area contributed by atoms with Crippen LogP contribution in [0.25, 0.3) is 0 Å². The second kappa shape index (κ2) is 17.0. The highest BCUT2D eigenvalue weighted by molar-refractivity contribution is 5.94. The molecule has 6 unspecified atom stereocenters. The number of carbonyl (C=O) groups is 4. The third-order valence-electron chi connectivity index (χ3n) is 6.83. The highest BCUT2D eigenvalue weighted by Crippen LogP contribution is 2.12. The minimum Gasteiger partial charge on any atom is -0.480 e. The van der Waals surface area contributed by atoms with Crippen LogP contribution < -0.4 is 33.2 Å². The molecule has 0 fully saturated rings. The van der Waals surface area contributed by atoms with E-state index in [-0.39, 0.29) is 37.2 Å². The summed E-state index contributed by atoms with van der Waals surface area (Å²) >= 11 is 0. The highest BCUT2D eigenvalue weighted by Gasteiger charge is 2.33. The first-order chi connectivity index (χ1) is 18.4. The van der Waals surface area contributed by atoms with Crippen molar-refractivity contribution in [2.24, 2.45) is 34.0 Å². The van der Waals surface area contributed by atoms with Gasteiger partial charge in [-0.05, 0) is 30.2 Å². The summed E-state index contributed by atoms with van der Waals surface area (Å²) in [6, 6.07) is 4.90. The van der Waals surface area contributed by atoms with Gasteiger partial charge in [0.15, 0.2) is 5.96 Å². The molecule has 0 aliphatic heterocycles. The predicted molar refractivity (Wildman–Crippen MR) is 150 cm³/mol. The number of hydrogen-bond acceptors (Lipinski definition) is 6. The minimum absolute atomic E-state index is 0.0834. The van der Waals surface area contributed by atoms with Crippen LogP contribution in [0.15, 0.2) is 35.3 Å². The first-order valence-corrected chi connectivity index (χ1v) is 13.4. The molecule has 0 saturated carbocycles. The summed E-state index contributed by atoms with van der Waals surface area (Å²) in [7, 11) is 0. The van der Waals surface area contributed by atoms with E-state index in [1.54, 1.807) is 31.2 Å². The fraction of sp³-hybridized carbons (Fsp3) is 0.593. The highest BCUT2D eigenvalue weighted by atomic mass is 16.4. The van der Waals surface area contributed by atoms with Gasteiger partial charge < -0.3 is 38.3 Å². The Kier molecular flexibility index (Phi) is 14.6. The average molecular weight is 548 g/mol. The largest absolute Gasteiger partial charge is 0.480 e. The Morgan fingerprint density at radius 1 is 0.872 bits per heavy atom. The molecule has 0 aliphatic rings. The molecule has 3 amide bonds. The Hall–Kier alpha value is -3.67. The van der Waals surface area contributed by atoms with E-state index in [1.807, 2.05) is 26.8 Å². The normalized spacial score (nSPS) is 15.5. The Bertz CT molecular complexity index is 969. The number of nitrogens with one attached hydrogen (secondary N) is 3. The fourth-order valence-electron chi connectivity index (χ4n) is 3.82. The molecule has 218 valence electrons. The van der Waals surface area contributed by atoms with Crippen molar-refractivity contribution in [3.63, 3.8) is 0 Å². The van der Waals surface area contributed by atoms with Crippen molar-refractivity contribution in [1.82, 2.24) is 16.0 Å². The second-order valence-electron chi connectivity index (χ2n) is 9.88. The molecular weight excluding hydrogens is 502 g/mol.